The molecule has 1 aromatic rings. The third kappa shape index (κ3) is 3.43. The fourth-order valence-corrected chi connectivity index (χ4v) is 2.72. The van der Waals surface area contributed by atoms with E-state index >= 15 is 0 Å². The second kappa shape index (κ2) is 6.94. The Morgan fingerprint density at radius 1 is 1.33 bits per heavy atom. The van der Waals surface area contributed by atoms with Crippen molar-refractivity contribution < 1.29 is 14.7 Å². The molecular weight excluding hydrogens is 266 g/mol. The fourth-order valence-electron chi connectivity index (χ4n) is 2.72. The summed E-state index contributed by atoms with van der Waals surface area (Å²) in [5, 5.41) is 9.29. The number of carbonyl (C=O) groups excluding carboxylic acids is 1. The summed E-state index contributed by atoms with van der Waals surface area (Å²) >= 11 is 0. The van der Waals surface area contributed by atoms with Crippen molar-refractivity contribution in [3.8, 4) is 12.3 Å². The lowest BCUT2D eigenvalue weighted by Gasteiger charge is -2.32. The number of fused-ring (bicyclic) bond motifs is 1. The number of carboxylic acids is 1. The Labute approximate surface area is 124 Å². The molecule has 1 aliphatic rings. The zero-order chi connectivity index (χ0) is 15.2. The number of para-hydroxylation sites is 1. The first-order valence-corrected chi connectivity index (χ1v) is 7.20. The van der Waals surface area contributed by atoms with E-state index in [-0.39, 0.29) is 5.91 Å². The highest BCUT2D eigenvalue weighted by atomic mass is 16.4. The molecule has 1 unspecified atom stereocenters. The number of hydrogen-bond donors (Lipinski definition) is 1. The lowest BCUT2D eigenvalue weighted by atomic mass is 9.89. The van der Waals surface area contributed by atoms with Crippen molar-refractivity contribution in [1.29, 1.82) is 0 Å². The van der Waals surface area contributed by atoms with Crippen LogP contribution < -0.4 is 4.90 Å². The van der Waals surface area contributed by atoms with E-state index in [1.54, 1.807) is 11.0 Å². The van der Waals surface area contributed by atoms with Gasteiger partial charge in [-0.15, -0.1) is 12.3 Å². The number of carboxylic acid groups (broad SMARTS) is 1. The van der Waals surface area contributed by atoms with Gasteiger partial charge < -0.3 is 10.0 Å². The van der Waals surface area contributed by atoms with Crippen LogP contribution in [0.25, 0.3) is 0 Å². The number of unbranched alkanes of at least 4 members (excludes halogenated alkanes) is 2. The van der Waals surface area contributed by atoms with Crippen molar-refractivity contribution in [2.24, 2.45) is 0 Å². The van der Waals surface area contributed by atoms with Crippen molar-refractivity contribution >= 4 is 17.6 Å². The van der Waals surface area contributed by atoms with Crippen molar-refractivity contribution in [2.45, 2.75) is 38.0 Å². The number of benzene rings is 1. The first-order valence-electron chi connectivity index (χ1n) is 7.20. The molecule has 1 amide bonds. The molecule has 0 fully saturated rings. The van der Waals surface area contributed by atoms with E-state index in [4.69, 9.17) is 6.42 Å². The van der Waals surface area contributed by atoms with Crippen LogP contribution in [-0.4, -0.2) is 23.5 Å². The maximum Gasteiger partial charge on any atom is 0.311 e. The van der Waals surface area contributed by atoms with Gasteiger partial charge in [0.2, 0.25) is 5.91 Å². The Balaban J connectivity index is 2.12. The monoisotopic (exact) mass is 285 g/mol. The molecule has 21 heavy (non-hydrogen) atoms. The van der Waals surface area contributed by atoms with Crippen molar-refractivity contribution in [1.82, 2.24) is 0 Å². The lowest BCUT2D eigenvalue weighted by molar-refractivity contribution is -0.139. The molecule has 1 heterocycles. The molecule has 0 radical (unpaired) electrons. The number of terminal acetylenes is 1. The minimum absolute atomic E-state index is 0.0447. The molecule has 0 aromatic heterocycles. The van der Waals surface area contributed by atoms with Gasteiger partial charge >= 0.3 is 5.97 Å². The number of amides is 1. The normalized spacial score (nSPS) is 16.9. The Hall–Kier alpha value is -2.28. The highest BCUT2D eigenvalue weighted by Gasteiger charge is 2.31. The van der Waals surface area contributed by atoms with Crippen LogP contribution in [0.4, 0.5) is 5.69 Å². The number of aliphatic carboxylic acids is 1. The molecule has 4 heteroatoms. The van der Waals surface area contributed by atoms with Crippen LogP contribution in [-0.2, 0) is 9.59 Å². The summed E-state index contributed by atoms with van der Waals surface area (Å²) < 4.78 is 0. The maximum absolute atomic E-state index is 12.3. The van der Waals surface area contributed by atoms with Crippen LogP contribution in [0.1, 0.15) is 43.6 Å². The van der Waals surface area contributed by atoms with Gasteiger partial charge in [-0.2, -0.15) is 0 Å². The van der Waals surface area contributed by atoms with E-state index in [2.05, 4.69) is 5.92 Å². The van der Waals surface area contributed by atoms with E-state index < -0.39 is 11.9 Å². The Bertz CT molecular complexity index is 574. The number of carbonyl (C=O) groups is 2. The van der Waals surface area contributed by atoms with E-state index in [9.17, 15) is 14.7 Å². The molecular formula is C17H19NO3. The summed E-state index contributed by atoms with van der Waals surface area (Å²) in [6.45, 7) is 0.460. The molecule has 0 saturated carbocycles. The highest BCUT2D eigenvalue weighted by Crippen LogP contribution is 2.35. The third-order valence-corrected chi connectivity index (χ3v) is 3.81. The van der Waals surface area contributed by atoms with Gasteiger partial charge in [0, 0.05) is 25.1 Å². The maximum atomic E-state index is 12.3. The number of anilines is 1. The summed E-state index contributed by atoms with van der Waals surface area (Å²) in [6, 6.07) is 7.27. The molecule has 0 aliphatic carbocycles. The van der Waals surface area contributed by atoms with E-state index in [0.717, 1.165) is 24.1 Å². The Kier molecular flexibility index (Phi) is 4.99. The number of nitrogens with zero attached hydrogens (tertiary/aromatic N) is 1. The summed E-state index contributed by atoms with van der Waals surface area (Å²) in [4.78, 5) is 25.4. The first-order chi connectivity index (χ1) is 10.1. The van der Waals surface area contributed by atoms with Crippen molar-refractivity contribution in [3.05, 3.63) is 29.8 Å². The van der Waals surface area contributed by atoms with Crippen molar-refractivity contribution in [2.75, 3.05) is 11.4 Å². The Morgan fingerprint density at radius 3 is 2.81 bits per heavy atom. The van der Waals surface area contributed by atoms with Gasteiger partial charge in [0.1, 0.15) is 0 Å². The van der Waals surface area contributed by atoms with Gasteiger partial charge in [0.25, 0.3) is 0 Å². The quantitative estimate of drug-likeness (QED) is 0.668. The molecule has 1 N–H and O–H groups in total. The summed E-state index contributed by atoms with van der Waals surface area (Å²) in [7, 11) is 0. The van der Waals surface area contributed by atoms with Crippen LogP contribution in [0.2, 0.25) is 0 Å². The van der Waals surface area contributed by atoms with Gasteiger partial charge in [-0.05, 0) is 30.9 Å². The minimum atomic E-state index is -0.830. The zero-order valence-corrected chi connectivity index (χ0v) is 11.9. The third-order valence-electron chi connectivity index (χ3n) is 3.81. The van der Waals surface area contributed by atoms with Crippen LogP contribution in [0.3, 0.4) is 0 Å². The molecule has 0 saturated heterocycles. The average molecular weight is 285 g/mol. The molecule has 0 spiro atoms. The van der Waals surface area contributed by atoms with E-state index in [1.807, 2.05) is 18.2 Å². The fraction of sp³-hybridized carbons (Fsp3) is 0.412. The molecule has 0 bridgehead atoms. The SMILES string of the molecule is C#CCCCCC(=O)N1CCC(C(=O)O)c2ccccc21. The van der Waals surface area contributed by atoms with Crippen LogP contribution >= 0.6 is 0 Å². The summed E-state index contributed by atoms with van der Waals surface area (Å²) in [5.74, 6) is 1.26. The van der Waals surface area contributed by atoms with Gasteiger partial charge in [-0.3, -0.25) is 9.59 Å². The summed E-state index contributed by atoms with van der Waals surface area (Å²) in [5.41, 5.74) is 1.46. The topological polar surface area (TPSA) is 57.6 Å². The number of hydrogen-bond acceptors (Lipinski definition) is 2. The van der Waals surface area contributed by atoms with Crippen molar-refractivity contribution in [3.63, 3.8) is 0 Å². The largest absolute Gasteiger partial charge is 0.481 e. The second-order valence-corrected chi connectivity index (χ2v) is 5.19. The average Bonchev–Trinajstić information content (AvgIpc) is 2.50. The highest BCUT2D eigenvalue weighted by molar-refractivity contribution is 5.96. The predicted molar refractivity (Wildman–Crippen MR) is 81.1 cm³/mol. The van der Waals surface area contributed by atoms with Crippen LogP contribution in [0.5, 0.6) is 0 Å². The predicted octanol–water partition coefficient (Wildman–Crippen LogP) is 2.79. The molecule has 1 aromatic carbocycles. The summed E-state index contributed by atoms with van der Waals surface area (Å²) in [6.07, 6.45) is 8.40. The number of rotatable bonds is 5. The second-order valence-electron chi connectivity index (χ2n) is 5.19. The van der Waals surface area contributed by atoms with Crippen LogP contribution in [0, 0.1) is 12.3 Å². The zero-order valence-electron chi connectivity index (χ0n) is 11.9. The standard InChI is InChI=1S/C17H19NO3/c1-2-3-4-5-10-16(19)18-12-11-14(17(20)21)13-8-6-7-9-15(13)18/h1,6-9,14H,3-5,10-12H2,(H,20,21). The molecule has 1 aliphatic heterocycles. The van der Waals surface area contributed by atoms with Gasteiger partial charge in [-0.25, -0.2) is 0 Å². The van der Waals surface area contributed by atoms with Gasteiger partial charge in [-0.1, -0.05) is 18.2 Å². The molecule has 110 valence electrons. The van der Waals surface area contributed by atoms with Crippen LogP contribution in [0.15, 0.2) is 24.3 Å². The molecule has 2 rings (SSSR count). The van der Waals surface area contributed by atoms with Gasteiger partial charge in [0.15, 0.2) is 0 Å². The van der Waals surface area contributed by atoms with E-state index in [0.29, 0.717) is 25.8 Å². The smallest absolute Gasteiger partial charge is 0.311 e. The molecule has 1 atom stereocenters. The Morgan fingerprint density at radius 2 is 2.10 bits per heavy atom. The van der Waals surface area contributed by atoms with Gasteiger partial charge in [0.05, 0.1) is 5.92 Å². The first kappa shape index (κ1) is 15.1. The molecule has 4 nitrogen and oxygen atoms in total. The lowest BCUT2D eigenvalue weighted by Crippen LogP contribution is -2.38. The minimum Gasteiger partial charge on any atom is -0.481 e. The van der Waals surface area contributed by atoms with E-state index in [1.165, 1.54) is 0 Å².